The molecule has 2 N–H and O–H groups in total. The standard InChI is InChI=1S/C19H18N4O2S2/c1-13-5-2-3-6-14(13)9-10-20-18(26)22-19-21-17(12-27-19)15-7-4-8-16(11-15)23(24)25/h2-8,11-12H,9-10H2,1H3,(H2,20,21,22,26). The maximum atomic E-state index is 10.9. The van der Waals surface area contributed by atoms with Gasteiger partial charge >= 0.3 is 0 Å². The number of nitrogens with one attached hydrogen (secondary N) is 2. The number of aryl methyl sites for hydroxylation is 1. The third kappa shape index (κ3) is 5.08. The lowest BCUT2D eigenvalue weighted by Gasteiger charge is -2.09. The molecule has 6 nitrogen and oxygen atoms in total. The molecule has 27 heavy (non-hydrogen) atoms. The van der Waals surface area contributed by atoms with E-state index in [2.05, 4.69) is 34.7 Å². The smallest absolute Gasteiger partial charge is 0.270 e. The highest BCUT2D eigenvalue weighted by Gasteiger charge is 2.10. The van der Waals surface area contributed by atoms with E-state index in [1.807, 2.05) is 17.5 Å². The molecule has 0 amide bonds. The van der Waals surface area contributed by atoms with Crippen LogP contribution >= 0.6 is 23.6 Å². The van der Waals surface area contributed by atoms with E-state index in [4.69, 9.17) is 12.2 Å². The number of nitro benzene ring substituents is 1. The van der Waals surface area contributed by atoms with Crippen LogP contribution in [0.15, 0.2) is 53.9 Å². The molecule has 0 bridgehead atoms. The highest BCUT2D eigenvalue weighted by molar-refractivity contribution is 7.80. The van der Waals surface area contributed by atoms with E-state index < -0.39 is 4.92 Å². The molecule has 0 aliphatic rings. The third-order valence-corrected chi connectivity index (χ3v) is 5.02. The molecule has 3 rings (SSSR count). The first-order valence-corrected chi connectivity index (χ1v) is 9.61. The molecule has 0 fully saturated rings. The number of nitro groups is 1. The molecular weight excluding hydrogens is 380 g/mol. The summed E-state index contributed by atoms with van der Waals surface area (Å²) >= 11 is 6.72. The lowest BCUT2D eigenvalue weighted by Crippen LogP contribution is -2.30. The third-order valence-electron chi connectivity index (χ3n) is 4.02. The highest BCUT2D eigenvalue weighted by Crippen LogP contribution is 2.27. The van der Waals surface area contributed by atoms with Crippen LogP contribution in [0.25, 0.3) is 11.3 Å². The number of thiazole rings is 1. The van der Waals surface area contributed by atoms with Gasteiger partial charge in [-0.2, -0.15) is 0 Å². The Bertz CT molecular complexity index is 972. The first kappa shape index (κ1) is 18.9. The van der Waals surface area contributed by atoms with Crippen LogP contribution < -0.4 is 10.6 Å². The van der Waals surface area contributed by atoms with Gasteiger partial charge in [0, 0.05) is 29.6 Å². The Morgan fingerprint density at radius 2 is 2.07 bits per heavy atom. The van der Waals surface area contributed by atoms with E-state index in [0.29, 0.717) is 21.5 Å². The summed E-state index contributed by atoms with van der Waals surface area (Å²) in [7, 11) is 0. The number of hydrogen-bond donors (Lipinski definition) is 2. The minimum atomic E-state index is -0.414. The van der Waals surface area contributed by atoms with Crippen LogP contribution in [0.2, 0.25) is 0 Å². The fourth-order valence-corrected chi connectivity index (χ4v) is 3.57. The molecular formula is C19H18N4O2S2. The van der Waals surface area contributed by atoms with Crippen LogP contribution in [0.1, 0.15) is 11.1 Å². The molecule has 2 aromatic carbocycles. The summed E-state index contributed by atoms with van der Waals surface area (Å²) in [5.41, 5.74) is 3.97. The van der Waals surface area contributed by atoms with Gasteiger partial charge in [0.15, 0.2) is 10.2 Å². The molecule has 0 saturated carbocycles. The summed E-state index contributed by atoms with van der Waals surface area (Å²) < 4.78 is 0. The molecule has 0 spiro atoms. The van der Waals surface area contributed by atoms with Crippen LogP contribution in [-0.2, 0) is 6.42 Å². The predicted octanol–water partition coefficient (Wildman–Crippen LogP) is 4.56. The molecule has 1 aromatic heterocycles. The maximum absolute atomic E-state index is 10.9. The first-order chi connectivity index (χ1) is 13.0. The van der Waals surface area contributed by atoms with Crippen molar-refractivity contribution in [2.75, 3.05) is 11.9 Å². The van der Waals surface area contributed by atoms with Gasteiger partial charge in [0.2, 0.25) is 0 Å². The molecule has 0 radical (unpaired) electrons. The number of aromatic nitrogens is 1. The second kappa shape index (κ2) is 8.70. The predicted molar refractivity (Wildman–Crippen MR) is 113 cm³/mol. The van der Waals surface area contributed by atoms with Crippen LogP contribution in [0.3, 0.4) is 0 Å². The van der Waals surface area contributed by atoms with E-state index in [-0.39, 0.29) is 5.69 Å². The van der Waals surface area contributed by atoms with Crippen molar-refractivity contribution in [3.63, 3.8) is 0 Å². The van der Waals surface area contributed by atoms with E-state index in [0.717, 1.165) is 13.0 Å². The molecule has 0 unspecified atom stereocenters. The number of anilines is 1. The summed E-state index contributed by atoms with van der Waals surface area (Å²) in [4.78, 5) is 15.0. The van der Waals surface area contributed by atoms with E-state index in [1.165, 1.54) is 34.6 Å². The molecule has 0 saturated heterocycles. The van der Waals surface area contributed by atoms with E-state index >= 15 is 0 Å². The topological polar surface area (TPSA) is 80.1 Å². The molecule has 0 aliphatic carbocycles. The summed E-state index contributed by atoms with van der Waals surface area (Å²) in [6.45, 7) is 2.82. The fraction of sp³-hybridized carbons (Fsp3) is 0.158. The molecule has 8 heteroatoms. The van der Waals surface area contributed by atoms with Gasteiger partial charge in [0.1, 0.15) is 0 Å². The Hall–Kier alpha value is -2.84. The lowest BCUT2D eigenvalue weighted by atomic mass is 10.1. The van der Waals surface area contributed by atoms with Gasteiger partial charge in [-0.25, -0.2) is 4.98 Å². The van der Waals surface area contributed by atoms with Crippen molar-refractivity contribution in [3.8, 4) is 11.3 Å². The first-order valence-electron chi connectivity index (χ1n) is 8.32. The zero-order valence-corrected chi connectivity index (χ0v) is 16.3. The molecule has 138 valence electrons. The van der Waals surface area contributed by atoms with Crippen LogP contribution in [0.5, 0.6) is 0 Å². The molecule has 0 aliphatic heterocycles. The van der Waals surface area contributed by atoms with Crippen molar-refractivity contribution >= 4 is 39.5 Å². The summed E-state index contributed by atoms with van der Waals surface area (Å²) in [5, 5.41) is 20.1. The van der Waals surface area contributed by atoms with Crippen molar-refractivity contribution in [2.45, 2.75) is 13.3 Å². The summed E-state index contributed by atoms with van der Waals surface area (Å²) in [6.07, 6.45) is 0.880. The largest absolute Gasteiger partial charge is 0.362 e. The Labute approximate surface area is 166 Å². The highest BCUT2D eigenvalue weighted by atomic mass is 32.1. The second-order valence-corrected chi connectivity index (χ2v) is 7.17. The molecule has 1 heterocycles. The van der Waals surface area contributed by atoms with Crippen molar-refractivity contribution in [2.24, 2.45) is 0 Å². The van der Waals surface area contributed by atoms with Crippen molar-refractivity contribution < 1.29 is 4.92 Å². The number of non-ortho nitro benzene ring substituents is 1. The second-order valence-electron chi connectivity index (χ2n) is 5.90. The summed E-state index contributed by atoms with van der Waals surface area (Å²) in [6, 6.07) is 14.7. The fourth-order valence-electron chi connectivity index (χ4n) is 2.59. The van der Waals surface area contributed by atoms with Crippen LogP contribution in [0.4, 0.5) is 10.8 Å². The zero-order chi connectivity index (χ0) is 19.2. The number of hydrogen-bond acceptors (Lipinski definition) is 5. The average Bonchev–Trinajstić information content (AvgIpc) is 3.12. The van der Waals surface area contributed by atoms with Crippen molar-refractivity contribution in [1.29, 1.82) is 0 Å². The number of benzene rings is 2. The quantitative estimate of drug-likeness (QED) is 0.360. The van der Waals surface area contributed by atoms with Gasteiger partial charge in [-0.05, 0) is 36.7 Å². The lowest BCUT2D eigenvalue weighted by molar-refractivity contribution is -0.384. The van der Waals surface area contributed by atoms with Gasteiger partial charge in [0.25, 0.3) is 5.69 Å². The monoisotopic (exact) mass is 398 g/mol. The number of rotatable bonds is 6. The van der Waals surface area contributed by atoms with Gasteiger partial charge in [-0.3, -0.25) is 10.1 Å². The van der Waals surface area contributed by atoms with E-state index in [1.54, 1.807) is 12.1 Å². The molecule has 3 aromatic rings. The van der Waals surface area contributed by atoms with Crippen molar-refractivity contribution in [3.05, 3.63) is 75.2 Å². The Balaban J connectivity index is 1.56. The number of nitrogens with zero attached hydrogens (tertiary/aromatic N) is 2. The van der Waals surface area contributed by atoms with Crippen LogP contribution in [-0.4, -0.2) is 21.6 Å². The van der Waals surface area contributed by atoms with Gasteiger partial charge in [-0.1, -0.05) is 36.4 Å². The Kier molecular flexibility index (Phi) is 6.10. The van der Waals surface area contributed by atoms with Crippen molar-refractivity contribution in [1.82, 2.24) is 10.3 Å². The Morgan fingerprint density at radius 1 is 1.26 bits per heavy atom. The molecule has 0 atom stereocenters. The minimum absolute atomic E-state index is 0.0448. The average molecular weight is 399 g/mol. The normalized spacial score (nSPS) is 10.4. The SMILES string of the molecule is Cc1ccccc1CCNC(=S)Nc1nc(-c2cccc([N+](=O)[O-])c2)cs1. The van der Waals surface area contributed by atoms with Gasteiger partial charge in [-0.15, -0.1) is 11.3 Å². The minimum Gasteiger partial charge on any atom is -0.362 e. The number of thiocarbonyl (C=S) groups is 1. The van der Waals surface area contributed by atoms with Gasteiger partial charge in [0.05, 0.1) is 10.6 Å². The zero-order valence-electron chi connectivity index (χ0n) is 14.6. The van der Waals surface area contributed by atoms with Gasteiger partial charge < -0.3 is 10.6 Å². The van der Waals surface area contributed by atoms with Crippen LogP contribution in [0, 0.1) is 17.0 Å². The van der Waals surface area contributed by atoms with E-state index in [9.17, 15) is 10.1 Å². The maximum Gasteiger partial charge on any atom is 0.270 e. The Morgan fingerprint density at radius 3 is 2.85 bits per heavy atom. The summed E-state index contributed by atoms with van der Waals surface area (Å²) in [5.74, 6) is 0.